The predicted octanol–water partition coefficient (Wildman–Crippen LogP) is 4.70. The first-order chi connectivity index (χ1) is 23.1. The van der Waals surface area contributed by atoms with E-state index < -0.39 is 44.9 Å². The lowest BCUT2D eigenvalue weighted by Crippen LogP contribution is -2.40. The van der Waals surface area contributed by atoms with E-state index in [1.165, 1.54) is 13.4 Å². The first kappa shape index (κ1) is 32.6. The molecule has 1 aliphatic carbocycles. The van der Waals surface area contributed by atoms with Gasteiger partial charge in [-0.25, -0.2) is 32.9 Å². The van der Waals surface area contributed by atoms with Gasteiger partial charge in [0.15, 0.2) is 27.3 Å². The quantitative estimate of drug-likeness (QED) is 0.291. The molecule has 49 heavy (non-hydrogen) atoms. The van der Waals surface area contributed by atoms with Crippen LogP contribution in [0.3, 0.4) is 0 Å². The number of rotatable bonds is 5. The third-order valence-corrected chi connectivity index (χ3v) is 10.9. The van der Waals surface area contributed by atoms with Crippen molar-refractivity contribution in [1.82, 2.24) is 19.7 Å². The fourth-order valence-electron chi connectivity index (χ4n) is 6.60. The van der Waals surface area contributed by atoms with E-state index in [9.17, 15) is 27.9 Å². The molecule has 2 aromatic carbocycles. The number of nitrogens with zero attached hydrogens (tertiary/aromatic N) is 6. The van der Waals surface area contributed by atoms with E-state index in [0.29, 0.717) is 45.7 Å². The lowest BCUT2D eigenvalue weighted by Gasteiger charge is -2.28. The molecule has 1 saturated carbocycles. The zero-order valence-corrected chi connectivity index (χ0v) is 28.5. The Kier molecular flexibility index (Phi) is 7.51. The molecule has 4 heterocycles. The second kappa shape index (κ2) is 11.3. The molecule has 2 aromatic heterocycles. The summed E-state index contributed by atoms with van der Waals surface area (Å²) >= 11 is 6.73. The Morgan fingerprint density at radius 1 is 1.08 bits per heavy atom. The van der Waals surface area contributed by atoms with Crippen molar-refractivity contribution in [1.29, 1.82) is 0 Å². The van der Waals surface area contributed by atoms with Crippen molar-refractivity contribution in [3.05, 3.63) is 58.9 Å². The van der Waals surface area contributed by atoms with Crippen molar-refractivity contribution in [2.45, 2.75) is 44.1 Å². The number of carbonyl (C=O) groups is 3. The maximum atomic E-state index is 13.7. The highest BCUT2D eigenvalue weighted by atomic mass is 35.5. The number of methoxy groups -OCH3 is 1. The summed E-state index contributed by atoms with van der Waals surface area (Å²) in [5, 5.41) is 18.2. The van der Waals surface area contributed by atoms with Crippen LogP contribution in [-0.4, -0.2) is 88.7 Å². The number of halogens is 1. The van der Waals surface area contributed by atoms with Crippen molar-refractivity contribution >= 4 is 73.6 Å². The number of carbonyl (C=O) groups excluding carboxylic acids is 2. The van der Waals surface area contributed by atoms with Gasteiger partial charge in [-0.1, -0.05) is 17.7 Å². The molecule has 15 nitrogen and oxygen atoms in total. The summed E-state index contributed by atoms with van der Waals surface area (Å²) in [5.74, 6) is 0.290. The number of hydrogen-bond donors (Lipinski definition) is 2. The van der Waals surface area contributed by atoms with E-state index in [1.807, 2.05) is 6.07 Å². The molecule has 2 N–H and O–H groups in total. The summed E-state index contributed by atoms with van der Waals surface area (Å²) in [7, 11) is -1.63. The summed E-state index contributed by atoms with van der Waals surface area (Å²) in [6.45, 7) is 5.65. The number of ether oxygens (including phenoxy) is 2. The van der Waals surface area contributed by atoms with Gasteiger partial charge in [-0.2, -0.15) is 4.68 Å². The van der Waals surface area contributed by atoms with Gasteiger partial charge in [-0.05, 0) is 68.7 Å². The lowest BCUT2D eigenvalue weighted by atomic mass is 9.91. The van der Waals surface area contributed by atoms with E-state index in [1.54, 1.807) is 56.0 Å². The van der Waals surface area contributed by atoms with Crippen molar-refractivity contribution in [2.75, 3.05) is 46.8 Å². The molecule has 17 heteroatoms. The summed E-state index contributed by atoms with van der Waals surface area (Å²) in [4.78, 5) is 50.5. The molecule has 3 aliphatic rings. The Balaban J connectivity index is 1.28. The lowest BCUT2D eigenvalue weighted by molar-refractivity contribution is -0.119. The normalized spacial score (nSPS) is 21.2. The monoisotopic (exact) mass is 709 g/mol. The predicted molar refractivity (Wildman–Crippen MR) is 180 cm³/mol. The Hall–Kier alpha value is -4.96. The molecule has 1 saturated heterocycles. The third kappa shape index (κ3) is 5.48. The van der Waals surface area contributed by atoms with Crippen LogP contribution in [0, 0.1) is 0 Å². The molecular weight excluding hydrogens is 678 g/mol. The van der Waals surface area contributed by atoms with Crippen LogP contribution in [0.15, 0.2) is 42.7 Å². The highest BCUT2D eigenvalue weighted by Gasteiger charge is 2.68. The van der Waals surface area contributed by atoms with Crippen molar-refractivity contribution in [3.63, 3.8) is 0 Å². The zero-order chi connectivity index (χ0) is 35.0. The second-order valence-corrected chi connectivity index (χ2v) is 15.9. The Morgan fingerprint density at radius 2 is 1.82 bits per heavy atom. The number of imide groups is 1. The number of benzene rings is 2. The van der Waals surface area contributed by atoms with Gasteiger partial charge in [-0.3, -0.25) is 4.79 Å². The standard InChI is InChI=1S/C32H32ClN7O8S/c1-31(2,3)48-30(44)40-23-13-17(21-15-32(21)20-14-18(47-4)6-8-22(20)39(28(32)41)29(42)43)5-7-19(23)25(37-40)36-26-24(33)27(35-16-34-26)38-9-11-49(45,46)12-10-38/h5-8,13-14,16,21H,9-12,15H2,1-4H3,(H,42,43)(H,34,35,36,37)/t21-,32-/m0/s1. The highest BCUT2D eigenvalue weighted by molar-refractivity contribution is 7.91. The molecular formula is C32H32ClN7O8S. The fraction of sp³-hybridized carbons (Fsp3) is 0.375. The minimum absolute atomic E-state index is 0.0231. The average molecular weight is 710 g/mol. The van der Waals surface area contributed by atoms with E-state index >= 15 is 0 Å². The minimum atomic E-state index is -3.13. The molecule has 0 unspecified atom stereocenters. The number of amides is 2. The molecule has 1 spiro atoms. The number of hydrogen-bond acceptors (Lipinski definition) is 12. The van der Waals surface area contributed by atoms with Gasteiger partial charge in [0.25, 0.3) is 0 Å². The van der Waals surface area contributed by atoms with E-state index in [2.05, 4.69) is 20.4 Å². The maximum absolute atomic E-state index is 13.7. The fourth-order valence-corrected chi connectivity index (χ4v) is 8.06. The van der Waals surface area contributed by atoms with Crippen LogP contribution in [0.25, 0.3) is 10.9 Å². The largest absolute Gasteiger partial charge is 0.497 e. The molecule has 2 atom stereocenters. The van der Waals surface area contributed by atoms with Crippen LogP contribution in [0.5, 0.6) is 5.75 Å². The first-order valence-corrected chi connectivity index (χ1v) is 17.6. The van der Waals surface area contributed by atoms with Crippen molar-refractivity contribution in [2.24, 2.45) is 0 Å². The number of sulfone groups is 1. The van der Waals surface area contributed by atoms with Gasteiger partial charge in [0.05, 0.1) is 35.2 Å². The summed E-state index contributed by atoms with van der Waals surface area (Å²) < 4.78 is 36.1. The van der Waals surface area contributed by atoms with Crippen LogP contribution in [0.4, 0.5) is 32.7 Å². The van der Waals surface area contributed by atoms with Crippen molar-refractivity contribution < 1.29 is 37.4 Å². The Morgan fingerprint density at radius 3 is 2.49 bits per heavy atom. The Labute approximate surface area is 285 Å². The van der Waals surface area contributed by atoms with Gasteiger partial charge in [0, 0.05) is 24.4 Å². The molecule has 0 radical (unpaired) electrons. The maximum Gasteiger partial charge on any atom is 0.435 e. The number of nitrogens with one attached hydrogen (secondary N) is 1. The van der Waals surface area contributed by atoms with Crippen LogP contribution in [-0.2, 0) is 24.8 Å². The van der Waals surface area contributed by atoms with Crippen LogP contribution in [0.2, 0.25) is 5.02 Å². The molecule has 0 bridgehead atoms. The topological polar surface area (TPSA) is 186 Å². The van der Waals surface area contributed by atoms with E-state index in [-0.39, 0.29) is 41.3 Å². The number of fused-ring (bicyclic) bond motifs is 3. The smallest absolute Gasteiger partial charge is 0.435 e. The molecule has 2 aliphatic heterocycles. The second-order valence-electron chi connectivity index (χ2n) is 13.2. The molecule has 256 valence electrons. The molecule has 4 aromatic rings. The summed E-state index contributed by atoms with van der Waals surface area (Å²) in [6, 6.07) is 10.2. The minimum Gasteiger partial charge on any atom is -0.497 e. The van der Waals surface area contributed by atoms with Crippen LogP contribution < -0.4 is 19.9 Å². The van der Waals surface area contributed by atoms with Crippen molar-refractivity contribution in [3.8, 4) is 5.75 Å². The highest BCUT2D eigenvalue weighted by Crippen LogP contribution is 2.67. The summed E-state index contributed by atoms with van der Waals surface area (Å²) in [6.07, 6.45) is -0.466. The van der Waals surface area contributed by atoms with Gasteiger partial charge >= 0.3 is 12.2 Å². The number of anilines is 4. The molecule has 2 amide bonds. The molecule has 7 rings (SSSR count). The van der Waals surface area contributed by atoms with E-state index in [0.717, 1.165) is 9.58 Å². The molecule has 2 fully saturated rings. The Bertz CT molecular complexity index is 2170. The van der Waals surface area contributed by atoms with E-state index in [4.69, 9.17) is 21.1 Å². The first-order valence-electron chi connectivity index (χ1n) is 15.4. The van der Waals surface area contributed by atoms with Gasteiger partial charge in [0.1, 0.15) is 22.7 Å². The van der Waals surface area contributed by atoms with Crippen LogP contribution >= 0.6 is 11.6 Å². The van der Waals surface area contributed by atoms with Gasteiger partial charge in [-0.15, -0.1) is 5.10 Å². The summed E-state index contributed by atoms with van der Waals surface area (Å²) in [5.41, 5.74) is -0.0400. The SMILES string of the molecule is COc1ccc2c(c1)[C@]1(C[C@H]1c1ccc3c(Nc4ncnc(N5CCS(=O)(=O)CC5)c4Cl)nn(C(=O)OC(C)(C)C)c3c1)C(=O)N2C(=O)O. The average Bonchev–Trinajstić information content (AvgIpc) is 3.62. The van der Waals surface area contributed by atoms with Gasteiger partial charge in [0.2, 0.25) is 5.91 Å². The zero-order valence-electron chi connectivity index (χ0n) is 26.9. The number of carboxylic acid groups (broad SMARTS) is 1. The number of aromatic nitrogens is 4. The van der Waals surface area contributed by atoms with Crippen LogP contribution in [0.1, 0.15) is 44.2 Å². The van der Waals surface area contributed by atoms with Gasteiger partial charge < -0.3 is 24.8 Å². The third-order valence-electron chi connectivity index (χ3n) is 8.99.